The predicted octanol–water partition coefficient (Wildman–Crippen LogP) is 1.03. The van der Waals surface area contributed by atoms with Crippen LogP contribution in [0.3, 0.4) is 0 Å². The summed E-state index contributed by atoms with van der Waals surface area (Å²) in [5.41, 5.74) is 0.888. The van der Waals surface area contributed by atoms with E-state index in [1.54, 1.807) is 7.05 Å². The molecule has 0 spiro atoms. The second kappa shape index (κ2) is 7.85. The fourth-order valence-electron chi connectivity index (χ4n) is 4.47. The summed E-state index contributed by atoms with van der Waals surface area (Å²) in [6.07, 6.45) is 2.75. The minimum absolute atomic E-state index is 0.00884. The third-order valence-corrected chi connectivity index (χ3v) is 6.34. The highest BCUT2D eigenvalue weighted by Gasteiger charge is 2.28. The molecule has 1 unspecified atom stereocenters. The van der Waals surface area contributed by atoms with Gasteiger partial charge in [-0.05, 0) is 37.0 Å². The van der Waals surface area contributed by atoms with Crippen LogP contribution in [0.25, 0.3) is 11.2 Å². The zero-order chi connectivity index (χ0) is 22.4. The van der Waals surface area contributed by atoms with Crippen molar-refractivity contribution in [1.29, 1.82) is 0 Å². The lowest BCUT2D eigenvalue weighted by Crippen LogP contribution is -2.39. The normalized spacial score (nSPS) is 17.8. The lowest BCUT2D eigenvalue weighted by atomic mass is 9.96. The number of carbonyl (C=O) groups excluding carboxylic acids is 1. The first-order chi connectivity index (χ1) is 15.4. The van der Waals surface area contributed by atoms with Gasteiger partial charge in [0.1, 0.15) is 11.3 Å². The summed E-state index contributed by atoms with van der Waals surface area (Å²) in [7, 11) is 3.05. The number of fused-ring (bicyclic) bond motifs is 2. The lowest BCUT2D eigenvalue weighted by molar-refractivity contribution is -0.132. The molecule has 5 rings (SSSR count). The molecule has 2 aliphatic rings. The van der Waals surface area contributed by atoms with Crippen molar-refractivity contribution in [3.63, 3.8) is 0 Å². The Hall–Kier alpha value is -3.56. The van der Waals surface area contributed by atoms with E-state index in [-0.39, 0.29) is 18.6 Å². The Labute approximate surface area is 183 Å². The van der Waals surface area contributed by atoms with Crippen molar-refractivity contribution in [2.45, 2.75) is 31.6 Å². The van der Waals surface area contributed by atoms with Crippen LogP contribution in [0, 0.1) is 0 Å². The molecule has 1 fully saturated rings. The molecule has 0 radical (unpaired) electrons. The number of likely N-dealkylation sites (tertiary alicyclic amines) is 1. The molecule has 2 aliphatic heterocycles. The molecule has 1 aromatic carbocycles. The SMILES string of the molecule is Cn1c(=O)c2[nH]c(C3CCCN(C(=O)CCc4ccc5c(c4)OCO5)C3)nc2n(C)c1=O. The van der Waals surface area contributed by atoms with E-state index in [2.05, 4.69) is 9.97 Å². The number of ether oxygens (including phenoxy) is 2. The van der Waals surface area contributed by atoms with Crippen molar-refractivity contribution in [2.24, 2.45) is 14.1 Å². The molecule has 0 saturated carbocycles. The number of aromatic nitrogens is 4. The fourth-order valence-corrected chi connectivity index (χ4v) is 4.47. The number of nitrogens with one attached hydrogen (secondary N) is 1. The van der Waals surface area contributed by atoms with Gasteiger partial charge in [-0.2, -0.15) is 0 Å². The summed E-state index contributed by atoms with van der Waals surface area (Å²) in [6, 6.07) is 5.75. The van der Waals surface area contributed by atoms with Gasteiger partial charge in [0.25, 0.3) is 5.56 Å². The van der Waals surface area contributed by atoms with Crippen LogP contribution >= 0.6 is 0 Å². The molecular formula is C22H25N5O5. The van der Waals surface area contributed by atoms with Crippen LogP contribution in [0.1, 0.15) is 36.6 Å². The van der Waals surface area contributed by atoms with E-state index >= 15 is 0 Å². The monoisotopic (exact) mass is 439 g/mol. The number of benzene rings is 1. The van der Waals surface area contributed by atoms with E-state index in [1.165, 1.54) is 11.6 Å². The first-order valence-corrected chi connectivity index (χ1v) is 10.7. The number of H-pyrrole nitrogens is 1. The number of carbonyl (C=O) groups is 1. The number of piperidine rings is 1. The van der Waals surface area contributed by atoms with Crippen LogP contribution in [0.2, 0.25) is 0 Å². The molecular weight excluding hydrogens is 414 g/mol. The van der Waals surface area contributed by atoms with Crippen LogP contribution in [-0.2, 0) is 25.3 Å². The maximum Gasteiger partial charge on any atom is 0.332 e. The summed E-state index contributed by atoms with van der Waals surface area (Å²) < 4.78 is 13.2. The van der Waals surface area contributed by atoms with Crippen LogP contribution in [-0.4, -0.2) is 49.8 Å². The van der Waals surface area contributed by atoms with Crippen LogP contribution < -0.4 is 20.7 Å². The topological polar surface area (TPSA) is 111 Å². The smallest absolute Gasteiger partial charge is 0.332 e. The first kappa shape index (κ1) is 20.3. The maximum atomic E-state index is 12.9. The molecule has 0 bridgehead atoms. The number of aromatic amines is 1. The molecule has 0 aliphatic carbocycles. The van der Waals surface area contributed by atoms with Gasteiger partial charge in [0.05, 0.1) is 0 Å². The molecule has 4 heterocycles. The summed E-state index contributed by atoms with van der Waals surface area (Å²) in [4.78, 5) is 47.1. The van der Waals surface area contributed by atoms with E-state index in [9.17, 15) is 14.4 Å². The lowest BCUT2D eigenvalue weighted by Gasteiger charge is -2.32. The molecule has 1 saturated heterocycles. The summed E-state index contributed by atoms with van der Waals surface area (Å²) >= 11 is 0. The molecule has 1 atom stereocenters. The summed E-state index contributed by atoms with van der Waals surface area (Å²) in [5, 5.41) is 0. The Balaban J connectivity index is 1.29. The second-order valence-electron chi connectivity index (χ2n) is 8.39. The maximum absolute atomic E-state index is 12.9. The predicted molar refractivity (Wildman–Crippen MR) is 116 cm³/mol. The minimum Gasteiger partial charge on any atom is -0.454 e. The van der Waals surface area contributed by atoms with Gasteiger partial charge in [-0.25, -0.2) is 9.78 Å². The van der Waals surface area contributed by atoms with Gasteiger partial charge in [-0.3, -0.25) is 18.7 Å². The molecule has 3 aromatic rings. The number of hydrogen-bond acceptors (Lipinski definition) is 6. The third kappa shape index (κ3) is 3.45. The number of nitrogens with zero attached hydrogens (tertiary/aromatic N) is 4. The Morgan fingerprint density at radius 1 is 1.19 bits per heavy atom. The molecule has 10 heteroatoms. The van der Waals surface area contributed by atoms with E-state index < -0.39 is 11.2 Å². The molecule has 168 valence electrons. The number of aryl methyl sites for hydroxylation is 2. The van der Waals surface area contributed by atoms with Crippen molar-refractivity contribution < 1.29 is 14.3 Å². The van der Waals surface area contributed by atoms with E-state index in [4.69, 9.17) is 9.47 Å². The number of rotatable bonds is 4. The van der Waals surface area contributed by atoms with Gasteiger partial charge in [0, 0.05) is 39.5 Å². The number of imidazole rings is 1. The van der Waals surface area contributed by atoms with Crippen LogP contribution in [0.5, 0.6) is 11.5 Å². The summed E-state index contributed by atoms with van der Waals surface area (Å²) in [5.74, 6) is 2.18. The van der Waals surface area contributed by atoms with Crippen molar-refractivity contribution in [3.8, 4) is 11.5 Å². The highest BCUT2D eigenvalue weighted by molar-refractivity contribution is 5.77. The molecule has 1 N–H and O–H groups in total. The first-order valence-electron chi connectivity index (χ1n) is 10.7. The Morgan fingerprint density at radius 3 is 2.84 bits per heavy atom. The Bertz CT molecular complexity index is 1320. The highest BCUT2D eigenvalue weighted by Crippen LogP contribution is 2.33. The van der Waals surface area contributed by atoms with Gasteiger partial charge < -0.3 is 19.4 Å². The van der Waals surface area contributed by atoms with Crippen molar-refractivity contribution >= 4 is 17.1 Å². The Morgan fingerprint density at radius 2 is 2.00 bits per heavy atom. The standard InChI is InChI=1S/C22H25N5O5/c1-25-20-18(21(29)26(2)22(25)30)23-19(24-20)14-4-3-9-27(11-14)17(28)8-6-13-5-7-15-16(10-13)32-12-31-15/h5,7,10,14H,3-4,6,8-9,11-12H2,1-2H3,(H,23,24). The van der Waals surface area contributed by atoms with E-state index in [1.807, 2.05) is 23.1 Å². The molecule has 2 aromatic heterocycles. The molecule has 32 heavy (non-hydrogen) atoms. The highest BCUT2D eigenvalue weighted by atomic mass is 16.7. The quantitative estimate of drug-likeness (QED) is 0.650. The van der Waals surface area contributed by atoms with Crippen LogP contribution in [0.15, 0.2) is 27.8 Å². The van der Waals surface area contributed by atoms with Crippen LogP contribution in [0.4, 0.5) is 0 Å². The van der Waals surface area contributed by atoms with Crippen molar-refractivity contribution in [2.75, 3.05) is 19.9 Å². The third-order valence-electron chi connectivity index (χ3n) is 6.34. The zero-order valence-corrected chi connectivity index (χ0v) is 18.1. The van der Waals surface area contributed by atoms with Gasteiger partial charge in [0.15, 0.2) is 17.1 Å². The summed E-state index contributed by atoms with van der Waals surface area (Å²) in [6.45, 7) is 1.47. The van der Waals surface area contributed by atoms with E-state index in [0.29, 0.717) is 42.9 Å². The average molecular weight is 439 g/mol. The number of amides is 1. The number of hydrogen-bond donors (Lipinski definition) is 1. The second-order valence-corrected chi connectivity index (χ2v) is 8.39. The average Bonchev–Trinajstić information content (AvgIpc) is 3.47. The van der Waals surface area contributed by atoms with E-state index in [0.717, 1.165) is 34.5 Å². The zero-order valence-electron chi connectivity index (χ0n) is 18.1. The van der Waals surface area contributed by atoms with Gasteiger partial charge in [-0.1, -0.05) is 6.07 Å². The van der Waals surface area contributed by atoms with Gasteiger partial charge >= 0.3 is 5.69 Å². The largest absolute Gasteiger partial charge is 0.454 e. The fraction of sp³-hybridized carbons (Fsp3) is 0.455. The molecule has 10 nitrogen and oxygen atoms in total. The molecule has 1 amide bonds. The van der Waals surface area contributed by atoms with Gasteiger partial charge in [-0.15, -0.1) is 0 Å². The minimum atomic E-state index is -0.412. The van der Waals surface area contributed by atoms with Gasteiger partial charge in [0.2, 0.25) is 12.7 Å². The Kier molecular flexibility index (Phi) is 4.99. The van der Waals surface area contributed by atoms with Crippen molar-refractivity contribution in [3.05, 3.63) is 50.4 Å². The van der Waals surface area contributed by atoms with Crippen molar-refractivity contribution in [1.82, 2.24) is 24.0 Å².